The Labute approximate surface area is 135 Å². The summed E-state index contributed by atoms with van der Waals surface area (Å²) in [5, 5.41) is 11.4. The van der Waals surface area contributed by atoms with Crippen molar-refractivity contribution in [3.8, 4) is 0 Å². The van der Waals surface area contributed by atoms with Crippen LogP contribution in [0, 0.1) is 4.91 Å². The van der Waals surface area contributed by atoms with E-state index in [1.807, 2.05) is 42.5 Å². The largest absolute Gasteiger partial charge is 0.369 e. The number of anilines is 1. The van der Waals surface area contributed by atoms with Crippen molar-refractivity contribution >= 4 is 17.1 Å². The molecule has 0 amide bonds. The number of rotatable bonds is 5. The van der Waals surface area contributed by atoms with E-state index in [1.165, 1.54) is 5.69 Å². The summed E-state index contributed by atoms with van der Waals surface area (Å²) in [6.07, 6.45) is 0. The molecule has 2 aromatic carbocycles. The minimum Gasteiger partial charge on any atom is -0.369 e. The van der Waals surface area contributed by atoms with Crippen LogP contribution in [0.3, 0.4) is 0 Å². The van der Waals surface area contributed by atoms with Gasteiger partial charge in [-0.3, -0.25) is 4.90 Å². The summed E-state index contributed by atoms with van der Waals surface area (Å²) in [7, 11) is 0. The zero-order valence-corrected chi connectivity index (χ0v) is 12.9. The lowest BCUT2D eigenvalue weighted by atomic mass is 10.2. The Balaban J connectivity index is 1.59. The normalized spacial score (nSPS) is 15.9. The van der Waals surface area contributed by atoms with E-state index in [0.717, 1.165) is 37.6 Å². The zero-order valence-electron chi connectivity index (χ0n) is 12.9. The molecule has 0 N–H and O–H groups in total. The van der Waals surface area contributed by atoms with Crippen LogP contribution in [-0.2, 0) is 0 Å². The predicted molar refractivity (Wildman–Crippen MR) is 91.5 cm³/mol. The highest BCUT2D eigenvalue weighted by molar-refractivity contribution is 5.53. The second-order valence-corrected chi connectivity index (χ2v) is 5.43. The molecule has 1 aliphatic heterocycles. The Bertz CT molecular complexity index is 648. The lowest BCUT2D eigenvalue weighted by molar-refractivity contribution is 0.265. The van der Waals surface area contributed by atoms with Gasteiger partial charge in [-0.15, -0.1) is 4.91 Å². The quantitative estimate of drug-likeness (QED) is 0.620. The van der Waals surface area contributed by atoms with Gasteiger partial charge in [-0.2, -0.15) is 10.2 Å². The molecular weight excluding hydrogens is 290 g/mol. The summed E-state index contributed by atoms with van der Waals surface area (Å²) in [4.78, 5) is 14.7. The van der Waals surface area contributed by atoms with Crippen LogP contribution in [0.2, 0.25) is 0 Å². The first-order chi connectivity index (χ1) is 11.3. The van der Waals surface area contributed by atoms with Crippen molar-refractivity contribution in [3.63, 3.8) is 0 Å². The van der Waals surface area contributed by atoms with Crippen molar-refractivity contribution < 1.29 is 0 Å². The highest BCUT2D eigenvalue weighted by Gasteiger charge is 2.16. The maximum atomic E-state index is 10.3. The minimum atomic E-state index is 0.284. The predicted octanol–water partition coefficient (Wildman–Crippen LogP) is 3.95. The number of nitrogens with zero attached hydrogens (tertiary/aromatic N) is 5. The van der Waals surface area contributed by atoms with Gasteiger partial charge in [-0.05, 0) is 36.4 Å². The number of piperazine rings is 1. The van der Waals surface area contributed by atoms with Gasteiger partial charge in [0.1, 0.15) is 6.67 Å². The molecule has 118 valence electrons. The molecule has 6 nitrogen and oxygen atoms in total. The smallest absolute Gasteiger partial charge is 0.134 e. The van der Waals surface area contributed by atoms with Crippen molar-refractivity contribution in [2.24, 2.45) is 15.4 Å². The fourth-order valence-corrected chi connectivity index (χ4v) is 2.57. The Morgan fingerprint density at radius 2 is 1.39 bits per heavy atom. The third-order valence-corrected chi connectivity index (χ3v) is 3.88. The molecule has 1 saturated heterocycles. The maximum absolute atomic E-state index is 10.3. The molecule has 1 aliphatic rings. The number of azo groups is 1. The Morgan fingerprint density at radius 3 is 2.00 bits per heavy atom. The van der Waals surface area contributed by atoms with Crippen LogP contribution in [0.1, 0.15) is 0 Å². The highest BCUT2D eigenvalue weighted by atomic mass is 16.3. The highest BCUT2D eigenvalue weighted by Crippen LogP contribution is 2.23. The molecular formula is C17H19N5O. The number of hydrogen-bond acceptors (Lipinski definition) is 6. The van der Waals surface area contributed by atoms with E-state index in [-0.39, 0.29) is 6.67 Å². The molecule has 1 fully saturated rings. The standard InChI is InChI=1S/C17H19N5O/c23-18-14-21-10-12-22(13-11-21)17-8-6-16(7-9-17)20-19-15-4-2-1-3-5-15/h1-9H,10-14H2/b20-19+. The van der Waals surface area contributed by atoms with Crippen LogP contribution in [0.5, 0.6) is 0 Å². The molecule has 1 heterocycles. The van der Waals surface area contributed by atoms with Crippen molar-refractivity contribution in [1.29, 1.82) is 0 Å². The lowest BCUT2D eigenvalue weighted by Crippen LogP contribution is -2.46. The molecule has 0 bridgehead atoms. The van der Waals surface area contributed by atoms with E-state index in [4.69, 9.17) is 0 Å². The summed E-state index contributed by atoms with van der Waals surface area (Å²) >= 11 is 0. The van der Waals surface area contributed by atoms with Gasteiger partial charge in [0.15, 0.2) is 0 Å². The number of hydrogen-bond donors (Lipinski definition) is 0. The Hall–Kier alpha value is -2.60. The van der Waals surface area contributed by atoms with E-state index in [0.29, 0.717) is 0 Å². The van der Waals surface area contributed by atoms with Gasteiger partial charge in [0.05, 0.1) is 11.4 Å². The minimum absolute atomic E-state index is 0.284. The molecule has 2 aromatic rings. The summed E-state index contributed by atoms with van der Waals surface area (Å²) in [5.74, 6) is 0. The zero-order chi connectivity index (χ0) is 15.9. The number of benzene rings is 2. The third kappa shape index (κ3) is 4.20. The average molecular weight is 309 g/mol. The summed E-state index contributed by atoms with van der Waals surface area (Å²) in [6, 6.07) is 17.8. The first kappa shape index (κ1) is 15.3. The molecule has 0 atom stereocenters. The first-order valence-corrected chi connectivity index (χ1v) is 7.68. The Kier molecular flexibility index (Phi) is 5.06. The van der Waals surface area contributed by atoms with Crippen LogP contribution < -0.4 is 4.90 Å². The van der Waals surface area contributed by atoms with E-state index < -0.39 is 0 Å². The van der Waals surface area contributed by atoms with Crippen molar-refractivity contribution in [2.45, 2.75) is 0 Å². The van der Waals surface area contributed by atoms with Crippen LogP contribution in [-0.4, -0.2) is 37.7 Å². The monoisotopic (exact) mass is 309 g/mol. The number of nitroso groups, excluding NO2 is 1. The maximum Gasteiger partial charge on any atom is 0.134 e. The van der Waals surface area contributed by atoms with Crippen LogP contribution in [0.25, 0.3) is 0 Å². The van der Waals surface area contributed by atoms with E-state index in [9.17, 15) is 4.91 Å². The SMILES string of the molecule is O=NCN1CCN(c2ccc(/N=N/c3ccccc3)cc2)CC1. The third-order valence-electron chi connectivity index (χ3n) is 3.88. The van der Waals surface area contributed by atoms with Gasteiger partial charge >= 0.3 is 0 Å². The van der Waals surface area contributed by atoms with Crippen molar-refractivity contribution in [1.82, 2.24) is 4.90 Å². The first-order valence-electron chi connectivity index (χ1n) is 7.68. The fourth-order valence-electron chi connectivity index (χ4n) is 2.57. The van der Waals surface area contributed by atoms with Gasteiger partial charge in [0.2, 0.25) is 0 Å². The summed E-state index contributed by atoms with van der Waals surface area (Å²) < 4.78 is 0. The Morgan fingerprint density at radius 1 is 0.783 bits per heavy atom. The van der Waals surface area contributed by atoms with Crippen molar-refractivity contribution in [2.75, 3.05) is 37.7 Å². The summed E-state index contributed by atoms with van der Waals surface area (Å²) in [6.45, 7) is 3.82. The van der Waals surface area contributed by atoms with Crippen molar-refractivity contribution in [3.05, 3.63) is 59.5 Å². The molecule has 23 heavy (non-hydrogen) atoms. The lowest BCUT2D eigenvalue weighted by Gasteiger charge is -2.34. The molecule has 6 heteroatoms. The van der Waals surface area contributed by atoms with E-state index in [2.05, 4.69) is 37.3 Å². The molecule has 0 aliphatic carbocycles. The van der Waals surface area contributed by atoms with Gasteiger partial charge in [0, 0.05) is 31.9 Å². The average Bonchev–Trinajstić information content (AvgIpc) is 2.62. The van der Waals surface area contributed by atoms with Crippen LogP contribution in [0.15, 0.2) is 70.0 Å². The second-order valence-electron chi connectivity index (χ2n) is 5.43. The second kappa shape index (κ2) is 7.60. The van der Waals surface area contributed by atoms with Gasteiger partial charge in [0.25, 0.3) is 0 Å². The van der Waals surface area contributed by atoms with Gasteiger partial charge in [-0.1, -0.05) is 23.4 Å². The molecule has 0 unspecified atom stereocenters. The molecule has 3 rings (SSSR count). The van der Waals surface area contributed by atoms with Gasteiger partial charge in [-0.25, -0.2) is 0 Å². The van der Waals surface area contributed by atoms with Crippen LogP contribution in [0.4, 0.5) is 17.1 Å². The van der Waals surface area contributed by atoms with E-state index >= 15 is 0 Å². The molecule has 0 saturated carbocycles. The van der Waals surface area contributed by atoms with E-state index in [1.54, 1.807) is 0 Å². The van der Waals surface area contributed by atoms with Crippen LogP contribution >= 0.6 is 0 Å². The molecule has 0 spiro atoms. The van der Waals surface area contributed by atoms with Gasteiger partial charge < -0.3 is 4.90 Å². The topological polar surface area (TPSA) is 60.6 Å². The molecule has 0 radical (unpaired) electrons. The summed E-state index contributed by atoms with van der Waals surface area (Å²) in [5.41, 5.74) is 2.85. The molecule has 0 aromatic heterocycles. The fraction of sp³-hybridized carbons (Fsp3) is 0.294.